The molecule has 0 atom stereocenters. The maximum atomic E-state index is 12.5. The third kappa shape index (κ3) is 3.00. The summed E-state index contributed by atoms with van der Waals surface area (Å²) < 4.78 is 37.5. The van der Waals surface area contributed by atoms with E-state index in [0.29, 0.717) is 6.08 Å². The first kappa shape index (κ1) is 12.6. The van der Waals surface area contributed by atoms with Gasteiger partial charge in [0.05, 0.1) is 5.56 Å². The Morgan fingerprint density at radius 2 is 2.00 bits per heavy atom. The second-order valence-electron chi connectivity index (χ2n) is 2.87. The quantitative estimate of drug-likeness (QED) is 0.816. The van der Waals surface area contributed by atoms with Crippen molar-refractivity contribution in [1.82, 2.24) is 0 Å². The maximum Gasteiger partial charge on any atom is 0.417 e. The molecule has 16 heavy (non-hydrogen) atoms. The number of carbonyl (C=O) groups is 1. The molecule has 1 N–H and O–H groups in total. The standard InChI is InChI=1S/C10H6ClF3O2/c11-8-3-1-2-7(10(12,13)14)6(8)4-5-9(15)16/h1-5H,(H,15,16)/b5-4+. The second kappa shape index (κ2) is 4.57. The molecule has 1 aromatic rings. The molecule has 0 fully saturated rings. The highest BCUT2D eigenvalue weighted by atomic mass is 35.5. The maximum absolute atomic E-state index is 12.5. The van der Waals surface area contributed by atoms with Crippen molar-refractivity contribution >= 4 is 23.6 Å². The number of aliphatic carboxylic acids is 1. The fourth-order valence-corrected chi connectivity index (χ4v) is 1.35. The van der Waals surface area contributed by atoms with Crippen molar-refractivity contribution in [1.29, 1.82) is 0 Å². The molecule has 0 radical (unpaired) electrons. The molecule has 0 saturated carbocycles. The van der Waals surface area contributed by atoms with E-state index in [1.807, 2.05) is 0 Å². The minimum absolute atomic E-state index is 0.146. The van der Waals surface area contributed by atoms with Gasteiger partial charge < -0.3 is 5.11 Å². The zero-order valence-electron chi connectivity index (χ0n) is 7.75. The Labute approximate surface area is 94.0 Å². The molecule has 0 aliphatic carbocycles. The molecular formula is C10H6ClF3O2. The summed E-state index contributed by atoms with van der Waals surface area (Å²) in [4.78, 5) is 10.2. The molecule has 2 nitrogen and oxygen atoms in total. The van der Waals surface area contributed by atoms with E-state index in [4.69, 9.17) is 16.7 Å². The molecule has 6 heteroatoms. The van der Waals surface area contributed by atoms with Crippen molar-refractivity contribution in [2.24, 2.45) is 0 Å². The lowest BCUT2D eigenvalue weighted by Crippen LogP contribution is -2.07. The zero-order valence-corrected chi connectivity index (χ0v) is 8.51. The molecule has 0 aliphatic heterocycles. The fraction of sp³-hybridized carbons (Fsp3) is 0.100. The van der Waals surface area contributed by atoms with E-state index in [9.17, 15) is 18.0 Å². The Hall–Kier alpha value is -1.49. The van der Waals surface area contributed by atoms with Crippen LogP contribution in [0, 0.1) is 0 Å². The number of halogens is 4. The third-order valence-electron chi connectivity index (χ3n) is 1.75. The molecule has 0 unspecified atom stereocenters. The van der Waals surface area contributed by atoms with E-state index >= 15 is 0 Å². The summed E-state index contributed by atoms with van der Waals surface area (Å²) in [5, 5.41) is 8.20. The summed E-state index contributed by atoms with van der Waals surface area (Å²) in [6.45, 7) is 0. The molecular weight excluding hydrogens is 245 g/mol. The van der Waals surface area contributed by atoms with Gasteiger partial charge in [-0.05, 0) is 18.2 Å². The first-order valence-electron chi connectivity index (χ1n) is 4.09. The van der Waals surface area contributed by atoms with Crippen molar-refractivity contribution in [3.63, 3.8) is 0 Å². The van der Waals surface area contributed by atoms with Crippen LogP contribution in [0.15, 0.2) is 24.3 Å². The van der Waals surface area contributed by atoms with E-state index in [1.54, 1.807) is 0 Å². The van der Waals surface area contributed by atoms with E-state index in [-0.39, 0.29) is 10.6 Å². The van der Waals surface area contributed by atoms with Gasteiger partial charge in [0.2, 0.25) is 0 Å². The summed E-state index contributed by atoms with van der Waals surface area (Å²) in [6.07, 6.45) is -3.13. The molecule has 0 aliphatic rings. The van der Waals surface area contributed by atoms with Gasteiger partial charge in [0.25, 0.3) is 0 Å². The number of carboxylic acid groups (broad SMARTS) is 1. The summed E-state index contributed by atoms with van der Waals surface area (Å²) >= 11 is 5.57. The van der Waals surface area contributed by atoms with Crippen molar-refractivity contribution in [3.05, 3.63) is 40.4 Å². The molecule has 0 aromatic heterocycles. The van der Waals surface area contributed by atoms with E-state index in [0.717, 1.165) is 18.2 Å². The summed E-state index contributed by atoms with van der Waals surface area (Å²) in [5.74, 6) is -1.34. The molecule has 1 aromatic carbocycles. The minimum Gasteiger partial charge on any atom is -0.478 e. The van der Waals surface area contributed by atoms with Crippen LogP contribution in [-0.2, 0) is 11.0 Å². The van der Waals surface area contributed by atoms with Crippen LogP contribution in [0.2, 0.25) is 5.02 Å². The van der Waals surface area contributed by atoms with Crippen molar-refractivity contribution < 1.29 is 23.1 Å². The van der Waals surface area contributed by atoms with Crippen molar-refractivity contribution in [3.8, 4) is 0 Å². The average molecular weight is 251 g/mol. The highest BCUT2D eigenvalue weighted by molar-refractivity contribution is 6.32. The van der Waals surface area contributed by atoms with Gasteiger partial charge in [-0.2, -0.15) is 13.2 Å². The molecule has 0 spiro atoms. The van der Waals surface area contributed by atoms with Crippen LogP contribution >= 0.6 is 11.6 Å². The van der Waals surface area contributed by atoms with E-state index in [2.05, 4.69) is 0 Å². The lowest BCUT2D eigenvalue weighted by Gasteiger charge is -2.11. The Morgan fingerprint density at radius 1 is 1.38 bits per heavy atom. The van der Waals surface area contributed by atoms with Crippen molar-refractivity contribution in [2.45, 2.75) is 6.18 Å². The van der Waals surface area contributed by atoms with Gasteiger partial charge in [0.15, 0.2) is 0 Å². The van der Waals surface area contributed by atoms with Gasteiger partial charge in [-0.25, -0.2) is 4.79 Å². The largest absolute Gasteiger partial charge is 0.478 e. The number of carboxylic acids is 1. The van der Waals surface area contributed by atoms with Crippen LogP contribution < -0.4 is 0 Å². The predicted molar refractivity (Wildman–Crippen MR) is 53.1 cm³/mol. The van der Waals surface area contributed by atoms with Crippen LogP contribution in [-0.4, -0.2) is 11.1 Å². The second-order valence-corrected chi connectivity index (χ2v) is 3.28. The fourth-order valence-electron chi connectivity index (χ4n) is 1.11. The van der Waals surface area contributed by atoms with Crippen LogP contribution in [0.4, 0.5) is 13.2 Å². The lowest BCUT2D eigenvalue weighted by atomic mass is 10.1. The van der Waals surface area contributed by atoms with Gasteiger partial charge in [-0.1, -0.05) is 17.7 Å². The summed E-state index contributed by atoms with van der Waals surface area (Å²) in [6, 6.07) is 3.26. The van der Waals surface area contributed by atoms with Gasteiger partial charge >= 0.3 is 12.1 Å². The molecule has 86 valence electrons. The lowest BCUT2D eigenvalue weighted by molar-refractivity contribution is -0.138. The van der Waals surface area contributed by atoms with E-state index < -0.39 is 17.7 Å². The Morgan fingerprint density at radius 3 is 2.50 bits per heavy atom. The number of alkyl halides is 3. The highest BCUT2D eigenvalue weighted by Gasteiger charge is 2.33. The van der Waals surface area contributed by atoms with Crippen LogP contribution in [0.5, 0.6) is 0 Å². The SMILES string of the molecule is O=C(O)/C=C/c1c(Cl)cccc1C(F)(F)F. The Kier molecular flexibility index (Phi) is 3.59. The summed E-state index contributed by atoms with van der Waals surface area (Å²) in [7, 11) is 0. The number of rotatable bonds is 2. The Balaban J connectivity index is 3.30. The van der Waals surface area contributed by atoms with Crippen LogP contribution in [0.25, 0.3) is 6.08 Å². The third-order valence-corrected chi connectivity index (χ3v) is 2.08. The van der Waals surface area contributed by atoms with Gasteiger partial charge in [-0.3, -0.25) is 0 Å². The topological polar surface area (TPSA) is 37.3 Å². The smallest absolute Gasteiger partial charge is 0.417 e. The first-order chi connectivity index (χ1) is 7.32. The monoisotopic (exact) mass is 250 g/mol. The predicted octanol–water partition coefficient (Wildman–Crippen LogP) is 3.46. The summed E-state index contributed by atoms with van der Waals surface area (Å²) in [5.41, 5.74) is -1.31. The van der Waals surface area contributed by atoms with Crippen LogP contribution in [0.3, 0.4) is 0 Å². The normalized spacial score (nSPS) is 12.0. The number of hydrogen-bond donors (Lipinski definition) is 1. The Bertz CT molecular complexity index is 438. The van der Waals surface area contributed by atoms with Gasteiger partial charge in [0.1, 0.15) is 0 Å². The molecule has 0 heterocycles. The number of hydrogen-bond acceptors (Lipinski definition) is 1. The van der Waals surface area contributed by atoms with Gasteiger partial charge in [-0.15, -0.1) is 0 Å². The number of benzene rings is 1. The molecule has 1 rings (SSSR count). The van der Waals surface area contributed by atoms with Gasteiger partial charge in [0, 0.05) is 16.7 Å². The van der Waals surface area contributed by atoms with Crippen LogP contribution in [0.1, 0.15) is 11.1 Å². The minimum atomic E-state index is -4.57. The van der Waals surface area contributed by atoms with E-state index in [1.165, 1.54) is 6.07 Å². The zero-order chi connectivity index (χ0) is 12.3. The molecule has 0 saturated heterocycles. The molecule has 0 amide bonds. The average Bonchev–Trinajstić information content (AvgIpc) is 2.13. The van der Waals surface area contributed by atoms with Crippen molar-refractivity contribution in [2.75, 3.05) is 0 Å². The first-order valence-corrected chi connectivity index (χ1v) is 4.47. The highest BCUT2D eigenvalue weighted by Crippen LogP contribution is 2.35. The molecule has 0 bridgehead atoms.